The number of nitrogens with one attached hydrogen (secondary N) is 1. The van der Waals surface area contributed by atoms with Crippen molar-refractivity contribution < 1.29 is 27.3 Å². The average Bonchev–Trinajstić information content (AvgIpc) is 3.01. The topological polar surface area (TPSA) is 129 Å². The highest BCUT2D eigenvalue weighted by Crippen LogP contribution is 2.32. The smallest absolute Gasteiger partial charge is 0.324 e. The molecule has 0 spiro atoms. The minimum Gasteiger partial charge on any atom is -0.459 e. The first-order valence-electron chi connectivity index (χ1n) is 9.64. The average molecular weight is 448 g/mol. The second-order valence-corrected chi connectivity index (χ2v) is 10.3. The van der Waals surface area contributed by atoms with Crippen molar-refractivity contribution in [3.05, 3.63) is 46.5 Å². The molecule has 9 nitrogen and oxygen atoms in total. The molecule has 0 aliphatic heterocycles. The normalized spacial score (nSPS) is 13.6. The van der Waals surface area contributed by atoms with E-state index in [-0.39, 0.29) is 27.7 Å². The van der Waals surface area contributed by atoms with Crippen LogP contribution < -0.4 is 4.72 Å². The maximum Gasteiger partial charge on any atom is 0.324 e. The predicted molar refractivity (Wildman–Crippen MR) is 115 cm³/mol. The first-order valence-corrected chi connectivity index (χ1v) is 11.1. The zero-order chi connectivity index (χ0) is 23.1. The van der Waals surface area contributed by atoms with Gasteiger partial charge in [-0.05, 0) is 44.9 Å². The molecule has 0 amide bonds. The van der Waals surface area contributed by atoms with E-state index in [1.807, 2.05) is 0 Å². The summed E-state index contributed by atoms with van der Waals surface area (Å²) in [5.41, 5.74) is -0.346. The molecule has 0 bridgehead atoms. The largest absolute Gasteiger partial charge is 0.459 e. The van der Waals surface area contributed by atoms with Crippen molar-refractivity contribution in [3.8, 4) is 0 Å². The fourth-order valence-corrected chi connectivity index (χ4v) is 4.43. The molecule has 0 radical (unpaired) electrons. The van der Waals surface area contributed by atoms with Crippen molar-refractivity contribution in [2.45, 2.75) is 51.2 Å². The molecule has 0 saturated heterocycles. The van der Waals surface area contributed by atoms with Crippen molar-refractivity contribution in [2.24, 2.45) is 5.92 Å². The second kappa shape index (κ2) is 7.93. The lowest BCUT2D eigenvalue weighted by atomic mass is 10.1. The first kappa shape index (κ1) is 22.7. The van der Waals surface area contributed by atoms with Gasteiger partial charge in [-0.25, -0.2) is 8.42 Å². The molecule has 0 aliphatic rings. The van der Waals surface area contributed by atoms with Crippen molar-refractivity contribution in [2.75, 3.05) is 0 Å². The summed E-state index contributed by atoms with van der Waals surface area (Å²) in [6.45, 7) is 8.54. The third kappa shape index (κ3) is 4.86. The van der Waals surface area contributed by atoms with Gasteiger partial charge in [0, 0.05) is 22.9 Å². The van der Waals surface area contributed by atoms with Crippen LogP contribution in [0.1, 0.15) is 34.6 Å². The number of nitro groups is 1. The molecule has 3 aromatic rings. The molecule has 31 heavy (non-hydrogen) atoms. The van der Waals surface area contributed by atoms with Gasteiger partial charge in [-0.15, -0.1) is 0 Å². The zero-order valence-corrected chi connectivity index (χ0v) is 18.6. The standard InChI is InChI=1S/C21H24N2O7S/c1-12(2)19(20(24)30-21(3,4)5)22-31(27,28)14-7-9-16-15-8-6-13(23(25)26)10-17(15)29-18(16)11-14/h6-12,19,22H,1-5H3. The van der Waals surface area contributed by atoms with Crippen LogP contribution in [0.4, 0.5) is 5.69 Å². The Bertz CT molecular complexity index is 1270. The molecule has 1 atom stereocenters. The van der Waals surface area contributed by atoms with E-state index in [4.69, 9.17) is 9.15 Å². The molecule has 3 rings (SSSR count). The molecular formula is C21H24N2O7S. The van der Waals surface area contributed by atoms with Gasteiger partial charge in [0.05, 0.1) is 15.9 Å². The van der Waals surface area contributed by atoms with Crippen LogP contribution >= 0.6 is 0 Å². The van der Waals surface area contributed by atoms with E-state index in [0.717, 1.165) is 0 Å². The Morgan fingerprint density at radius 3 is 2.23 bits per heavy atom. The summed E-state index contributed by atoms with van der Waals surface area (Å²) < 4.78 is 39.4. The summed E-state index contributed by atoms with van der Waals surface area (Å²) in [6, 6.07) is 7.43. The fraction of sp³-hybridized carbons (Fsp3) is 0.381. The summed E-state index contributed by atoms with van der Waals surface area (Å²) >= 11 is 0. The Balaban J connectivity index is 1.97. The van der Waals surface area contributed by atoms with Crippen LogP contribution in [0.2, 0.25) is 0 Å². The summed E-state index contributed by atoms with van der Waals surface area (Å²) in [4.78, 5) is 22.9. The van der Waals surface area contributed by atoms with E-state index in [9.17, 15) is 23.3 Å². The third-order valence-electron chi connectivity index (χ3n) is 4.56. The minimum absolute atomic E-state index is 0.0947. The predicted octanol–water partition coefficient (Wildman–Crippen LogP) is 4.14. The molecular weight excluding hydrogens is 424 g/mol. The van der Waals surface area contributed by atoms with Crippen molar-refractivity contribution in [1.82, 2.24) is 4.72 Å². The number of carbonyl (C=O) groups is 1. The number of fused-ring (bicyclic) bond motifs is 3. The number of non-ortho nitro benzene ring substituents is 1. The SMILES string of the molecule is CC(C)C(NS(=O)(=O)c1ccc2c(c1)oc1cc([N+](=O)[O-])ccc12)C(=O)OC(C)(C)C. The fourth-order valence-electron chi connectivity index (χ4n) is 3.08. The lowest BCUT2D eigenvalue weighted by molar-refractivity contribution is -0.384. The molecule has 166 valence electrons. The molecule has 2 aromatic carbocycles. The van der Waals surface area contributed by atoms with Crippen molar-refractivity contribution in [1.29, 1.82) is 0 Å². The third-order valence-corrected chi connectivity index (χ3v) is 6.00. The van der Waals surface area contributed by atoms with Gasteiger partial charge >= 0.3 is 5.97 Å². The van der Waals surface area contributed by atoms with E-state index < -0.39 is 32.6 Å². The molecule has 0 fully saturated rings. The van der Waals surface area contributed by atoms with Gasteiger partial charge in [0.1, 0.15) is 22.8 Å². The van der Waals surface area contributed by atoms with Gasteiger partial charge in [-0.1, -0.05) is 13.8 Å². The zero-order valence-electron chi connectivity index (χ0n) is 17.8. The number of benzene rings is 2. The van der Waals surface area contributed by atoms with Gasteiger partial charge in [0.2, 0.25) is 10.0 Å². The van der Waals surface area contributed by atoms with Gasteiger partial charge in [0.15, 0.2) is 0 Å². The van der Waals surface area contributed by atoms with E-state index in [0.29, 0.717) is 10.8 Å². The van der Waals surface area contributed by atoms with Crippen LogP contribution in [-0.2, 0) is 19.6 Å². The van der Waals surface area contributed by atoms with Crippen molar-refractivity contribution >= 4 is 43.6 Å². The Hall–Kier alpha value is -2.98. The lowest BCUT2D eigenvalue weighted by Crippen LogP contribution is -2.47. The Morgan fingerprint density at radius 1 is 1.10 bits per heavy atom. The quantitative estimate of drug-likeness (QED) is 0.341. The van der Waals surface area contributed by atoms with E-state index in [1.54, 1.807) is 46.8 Å². The Morgan fingerprint density at radius 2 is 1.68 bits per heavy atom. The lowest BCUT2D eigenvalue weighted by Gasteiger charge is -2.26. The van der Waals surface area contributed by atoms with Crippen LogP contribution in [0.5, 0.6) is 0 Å². The number of hydrogen-bond donors (Lipinski definition) is 1. The maximum absolute atomic E-state index is 13.0. The first-order chi connectivity index (χ1) is 14.3. The van der Waals surface area contributed by atoms with Gasteiger partial charge < -0.3 is 9.15 Å². The molecule has 0 aliphatic carbocycles. The van der Waals surface area contributed by atoms with Crippen molar-refractivity contribution in [3.63, 3.8) is 0 Å². The number of furan rings is 1. The number of ether oxygens (including phenoxy) is 1. The van der Waals surface area contributed by atoms with Gasteiger partial charge in [-0.3, -0.25) is 14.9 Å². The molecule has 1 aromatic heterocycles. The van der Waals surface area contributed by atoms with Crippen LogP contribution in [0.3, 0.4) is 0 Å². The van der Waals surface area contributed by atoms with Gasteiger partial charge in [-0.2, -0.15) is 4.72 Å². The number of rotatable bonds is 6. The molecule has 10 heteroatoms. The monoisotopic (exact) mass is 448 g/mol. The van der Waals surface area contributed by atoms with Crippen LogP contribution in [0.25, 0.3) is 21.9 Å². The molecule has 1 heterocycles. The minimum atomic E-state index is -4.07. The number of hydrogen-bond acceptors (Lipinski definition) is 7. The maximum atomic E-state index is 13.0. The highest BCUT2D eigenvalue weighted by atomic mass is 32.2. The summed E-state index contributed by atoms with van der Waals surface area (Å²) in [5.74, 6) is -1.01. The number of nitro benzene ring substituents is 1. The number of esters is 1. The second-order valence-electron chi connectivity index (χ2n) is 8.57. The molecule has 0 saturated carbocycles. The van der Waals surface area contributed by atoms with E-state index >= 15 is 0 Å². The van der Waals surface area contributed by atoms with Crippen LogP contribution in [0, 0.1) is 16.0 Å². The molecule has 1 N–H and O–H groups in total. The number of carbonyl (C=O) groups excluding carboxylic acids is 1. The highest BCUT2D eigenvalue weighted by molar-refractivity contribution is 7.89. The Kier molecular flexibility index (Phi) is 5.81. The molecule has 1 unspecified atom stereocenters. The van der Waals surface area contributed by atoms with Crippen LogP contribution in [-0.4, -0.2) is 31.0 Å². The highest BCUT2D eigenvalue weighted by Gasteiger charge is 2.32. The number of nitrogens with zero attached hydrogens (tertiary/aromatic N) is 1. The Labute approximate surface area is 179 Å². The van der Waals surface area contributed by atoms with Gasteiger partial charge in [0.25, 0.3) is 5.69 Å². The van der Waals surface area contributed by atoms with E-state index in [2.05, 4.69) is 4.72 Å². The summed E-state index contributed by atoms with van der Waals surface area (Å²) in [6.07, 6.45) is 0. The summed E-state index contributed by atoms with van der Waals surface area (Å²) in [5, 5.41) is 12.2. The van der Waals surface area contributed by atoms with Crippen LogP contribution in [0.15, 0.2) is 45.7 Å². The van der Waals surface area contributed by atoms with E-state index in [1.165, 1.54) is 24.3 Å². The summed E-state index contributed by atoms with van der Waals surface area (Å²) in [7, 11) is -4.07. The number of sulfonamides is 1.